The Kier molecular flexibility index (Phi) is 3.79. The predicted molar refractivity (Wildman–Crippen MR) is 81.1 cm³/mol. The number of aromatic nitrogens is 2. The van der Waals surface area contributed by atoms with Crippen molar-refractivity contribution in [3.05, 3.63) is 78.0 Å². The summed E-state index contributed by atoms with van der Waals surface area (Å²) in [5, 5.41) is 0. The quantitative estimate of drug-likeness (QED) is 0.769. The van der Waals surface area contributed by atoms with E-state index in [4.69, 9.17) is 5.73 Å². The van der Waals surface area contributed by atoms with Crippen LogP contribution in [0.15, 0.2) is 60.8 Å². The molecule has 3 rings (SSSR count). The minimum atomic E-state index is -0.274. The van der Waals surface area contributed by atoms with Crippen LogP contribution in [0.25, 0.3) is 11.3 Å². The molecule has 0 aliphatic rings. The van der Waals surface area contributed by atoms with Crippen molar-refractivity contribution in [2.24, 2.45) is 5.73 Å². The van der Waals surface area contributed by atoms with Gasteiger partial charge in [-0.05, 0) is 24.1 Å². The standard InChI is InChI=1S/C17H16FN3/c18-14-9-5-4-8-13(14)16-11-20-17(21-16)15(19)10-12-6-2-1-3-7-12/h1-9,11,15H,10,19H2,(H,20,21). The molecule has 1 atom stereocenters. The number of aromatic amines is 1. The molecule has 0 aliphatic carbocycles. The smallest absolute Gasteiger partial charge is 0.132 e. The molecule has 0 fully saturated rings. The van der Waals surface area contributed by atoms with E-state index >= 15 is 0 Å². The Balaban J connectivity index is 1.80. The molecule has 0 spiro atoms. The molecule has 21 heavy (non-hydrogen) atoms. The zero-order chi connectivity index (χ0) is 14.7. The Hall–Kier alpha value is -2.46. The first kappa shape index (κ1) is 13.5. The first-order valence-corrected chi connectivity index (χ1v) is 6.83. The summed E-state index contributed by atoms with van der Waals surface area (Å²) in [6.07, 6.45) is 2.31. The minimum Gasteiger partial charge on any atom is -0.341 e. The topological polar surface area (TPSA) is 54.7 Å². The van der Waals surface area contributed by atoms with Crippen molar-refractivity contribution in [2.75, 3.05) is 0 Å². The summed E-state index contributed by atoms with van der Waals surface area (Å²) in [6.45, 7) is 0. The van der Waals surface area contributed by atoms with Crippen LogP contribution in [0.5, 0.6) is 0 Å². The van der Waals surface area contributed by atoms with E-state index in [9.17, 15) is 4.39 Å². The van der Waals surface area contributed by atoms with Gasteiger partial charge >= 0.3 is 0 Å². The van der Waals surface area contributed by atoms with Gasteiger partial charge in [0.15, 0.2) is 0 Å². The van der Waals surface area contributed by atoms with E-state index in [1.165, 1.54) is 6.07 Å². The molecule has 0 bridgehead atoms. The van der Waals surface area contributed by atoms with Gasteiger partial charge < -0.3 is 10.7 Å². The van der Waals surface area contributed by atoms with Crippen molar-refractivity contribution in [1.82, 2.24) is 9.97 Å². The highest BCUT2D eigenvalue weighted by Crippen LogP contribution is 2.22. The van der Waals surface area contributed by atoms with Crippen molar-refractivity contribution in [2.45, 2.75) is 12.5 Å². The highest BCUT2D eigenvalue weighted by molar-refractivity contribution is 5.59. The Morgan fingerprint density at radius 3 is 2.52 bits per heavy atom. The summed E-state index contributed by atoms with van der Waals surface area (Å²) in [5.41, 5.74) is 8.46. The van der Waals surface area contributed by atoms with Crippen LogP contribution in [0, 0.1) is 5.82 Å². The molecular weight excluding hydrogens is 265 g/mol. The Labute approximate surface area is 122 Å². The van der Waals surface area contributed by atoms with Crippen molar-refractivity contribution < 1.29 is 4.39 Å². The molecule has 1 unspecified atom stereocenters. The Bertz CT molecular complexity index is 722. The molecule has 0 amide bonds. The number of nitrogens with zero attached hydrogens (tertiary/aromatic N) is 1. The zero-order valence-electron chi connectivity index (χ0n) is 11.5. The van der Waals surface area contributed by atoms with Gasteiger partial charge in [0, 0.05) is 5.56 Å². The van der Waals surface area contributed by atoms with Crippen LogP contribution >= 0.6 is 0 Å². The average Bonchev–Trinajstić information content (AvgIpc) is 2.98. The third-order valence-corrected chi connectivity index (χ3v) is 3.41. The zero-order valence-corrected chi connectivity index (χ0v) is 11.5. The maximum atomic E-state index is 13.8. The second-order valence-corrected chi connectivity index (χ2v) is 4.96. The summed E-state index contributed by atoms with van der Waals surface area (Å²) in [5.74, 6) is 0.390. The third-order valence-electron chi connectivity index (χ3n) is 3.41. The van der Waals surface area contributed by atoms with Crippen molar-refractivity contribution in [3.8, 4) is 11.3 Å². The molecule has 0 aliphatic heterocycles. The van der Waals surface area contributed by atoms with Crippen LogP contribution < -0.4 is 5.73 Å². The average molecular weight is 281 g/mol. The molecular formula is C17H16FN3. The fourth-order valence-corrected chi connectivity index (χ4v) is 2.31. The second-order valence-electron chi connectivity index (χ2n) is 4.96. The van der Waals surface area contributed by atoms with E-state index in [0.29, 0.717) is 23.5 Å². The van der Waals surface area contributed by atoms with Gasteiger partial charge in [-0.25, -0.2) is 9.37 Å². The number of halogens is 1. The minimum absolute atomic E-state index is 0.243. The van der Waals surface area contributed by atoms with Gasteiger partial charge in [0.05, 0.1) is 17.9 Å². The number of nitrogens with one attached hydrogen (secondary N) is 1. The first-order valence-electron chi connectivity index (χ1n) is 6.83. The summed E-state index contributed by atoms with van der Waals surface area (Å²) >= 11 is 0. The molecule has 3 nitrogen and oxygen atoms in total. The number of hydrogen-bond donors (Lipinski definition) is 2. The number of rotatable bonds is 4. The molecule has 0 saturated carbocycles. The molecule has 2 aromatic carbocycles. The molecule has 3 N–H and O–H groups in total. The number of H-pyrrole nitrogens is 1. The van der Waals surface area contributed by atoms with Gasteiger partial charge in [-0.2, -0.15) is 0 Å². The summed E-state index contributed by atoms with van der Waals surface area (Å²) in [4.78, 5) is 7.40. The van der Waals surface area contributed by atoms with Gasteiger partial charge in [-0.3, -0.25) is 0 Å². The normalized spacial score (nSPS) is 12.3. The van der Waals surface area contributed by atoms with Crippen LogP contribution in [-0.4, -0.2) is 9.97 Å². The lowest BCUT2D eigenvalue weighted by Crippen LogP contribution is -2.14. The highest BCUT2D eigenvalue weighted by atomic mass is 19.1. The largest absolute Gasteiger partial charge is 0.341 e. The molecule has 106 valence electrons. The number of benzene rings is 2. The van der Waals surface area contributed by atoms with Gasteiger partial charge in [-0.1, -0.05) is 42.5 Å². The van der Waals surface area contributed by atoms with Crippen LogP contribution in [0.4, 0.5) is 4.39 Å². The molecule has 0 radical (unpaired) electrons. The van der Waals surface area contributed by atoms with Gasteiger partial charge in [0.2, 0.25) is 0 Å². The number of imidazole rings is 1. The number of nitrogens with two attached hydrogens (primary N) is 1. The molecule has 1 heterocycles. The third kappa shape index (κ3) is 3.01. The molecule has 3 aromatic rings. The molecule has 4 heteroatoms. The summed E-state index contributed by atoms with van der Waals surface area (Å²) in [7, 11) is 0. The number of hydrogen-bond acceptors (Lipinski definition) is 2. The lowest BCUT2D eigenvalue weighted by molar-refractivity contribution is 0.630. The first-order chi connectivity index (χ1) is 10.2. The maximum Gasteiger partial charge on any atom is 0.132 e. The van der Waals surface area contributed by atoms with E-state index in [-0.39, 0.29) is 11.9 Å². The van der Waals surface area contributed by atoms with Crippen molar-refractivity contribution >= 4 is 0 Å². The van der Waals surface area contributed by atoms with Gasteiger partial charge in [-0.15, -0.1) is 0 Å². The van der Waals surface area contributed by atoms with Crippen LogP contribution in [0.2, 0.25) is 0 Å². The highest BCUT2D eigenvalue weighted by Gasteiger charge is 2.13. The summed E-state index contributed by atoms with van der Waals surface area (Å²) < 4.78 is 13.8. The van der Waals surface area contributed by atoms with Crippen molar-refractivity contribution in [3.63, 3.8) is 0 Å². The van der Waals surface area contributed by atoms with Crippen LogP contribution in [-0.2, 0) is 6.42 Å². The fraction of sp³-hybridized carbons (Fsp3) is 0.118. The summed E-state index contributed by atoms with van der Waals surface area (Å²) in [6, 6.07) is 16.4. The van der Waals surface area contributed by atoms with E-state index in [0.717, 1.165) is 5.56 Å². The van der Waals surface area contributed by atoms with Crippen molar-refractivity contribution in [1.29, 1.82) is 0 Å². The monoisotopic (exact) mass is 281 g/mol. The molecule has 0 saturated heterocycles. The van der Waals surface area contributed by atoms with E-state index in [1.807, 2.05) is 30.3 Å². The Morgan fingerprint density at radius 2 is 1.76 bits per heavy atom. The SMILES string of the molecule is NC(Cc1ccccc1)c1ncc(-c2ccccc2F)[nH]1. The van der Waals surface area contributed by atoms with E-state index < -0.39 is 0 Å². The fourth-order valence-electron chi connectivity index (χ4n) is 2.31. The Morgan fingerprint density at radius 1 is 1.05 bits per heavy atom. The van der Waals surface area contributed by atoms with E-state index in [1.54, 1.807) is 24.4 Å². The van der Waals surface area contributed by atoms with Crippen LogP contribution in [0.1, 0.15) is 17.4 Å². The molecule has 1 aromatic heterocycles. The van der Waals surface area contributed by atoms with Crippen LogP contribution in [0.3, 0.4) is 0 Å². The maximum absolute atomic E-state index is 13.8. The second kappa shape index (κ2) is 5.89. The van der Waals surface area contributed by atoms with Gasteiger partial charge in [0.1, 0.15) is 11.6 Å². The predicted octanol–water partition coefficient (Wildman–Crippen LogP) is 3.46. The van der Waals surface area contributed by atoms with E-state index in [2.05, 4.69) is 9.97 Å². The lowest BCUT2D eigenvalue weighted by Gasteiger charge is -2.08. The van der Waals surface area contributed by atoms with Gasteiger partial charge in [0.25, 0.3) is 0 Å². The lowest BCUT2D eigenvalue weighted by atomic mass is 10.1.